The summed E-state index contributed by atoms with van der Waals surface area (Å²) >= 11 is 0. The standard InChI is InChI=1S/C19H22N4O/c1-14-11-16-13-23(19(24)21-18(16)20-14)17-7-5-15(6-8-17)12-22-9-3-2-4-10-22/h5-8,11,13H,2-4,9-10,12H2,1H3,(H,20,21,24). The van der Waals surface area contributed by atoms with Crippen LogP contribution in [0.25, 0.3) is 16.7 Å². The van der Waals surface area contributed by atoms with Gasteiger partial charge in [0.05, 0.1) is 5.69 Å². The lowest BCUT2D eigenvalue weighted by Crippen LogP contribution is -2.29. The average molecular weight is 322 g/mol. The van der Waals surface area contributed by atoms with Gasteiger partial charge in [-0.1, -0.05) is 18.6 Å². The highest BCUT2D eigenvalue weighted by Crippen LogP contribution is 2.16. The minimum atomic E-state index is -0.256. The molecule has 0 bridgehead atoms. The number of aromatic nitrogens is 3. The third-order valence-electron chi connectivity index (χ3n) is 4.71. The molecule has 0 spiro atoms. The number of hydrogen-bond acceptors (Lipinski definition) is 3. The predicted molar refractivity (Wildman–Crippen MR) is 95.6 cm³/mol. The SMILES string of the molecule is Cc1cc2cn(-c3ccc(CN4CCCCC4)cc3)c(=O)nc2[nH]1. The Morgan fingerprint density at radius 2 is 1.88 bits per heavy atom. The molecule has 124 valence electrons. The first-order valence-corrected chi connectivity index (χ1v) is 8.60. The fraction of sp³-hybridized carbons (Fsp3) is 0.368. The smallest absolute Gasteiger partial charge is 0.343 e. The molecular formula is C19H22N4O. The van der Waals surface area contributed by atoms with Gasteiger partial charge in [-0.15, -0.1) is 0 Å². The first kappa shape index (κ1) is 15.1. The monoisotopic (exact) mass is 322 g/mol. The zero-order valence-corrected chi connectivity index (χ0v) is 14.0. The molecule has 3 aromatic rings. The Balaban J connectivity index is 1.60. The van der Waals surface area contributed by atoms with Gasteiger partial charge in [-0.05, 0) is 56.6 Å². The van der Waals surface area contributed by atoms with Crippen LogP contribution < -0.4 is 5.69 Å². The highest BCUT2D eigenvalue weighted by atomic mass is 16.1. The number of nitrogens with one attached hydrogen (secondary N) is 1. The Hall–Kier alpha value is -2.40. The van der Waals surface area contributed by atoms with E-state index in [1.54, 1.807) is 4.57 Å². The molecule has 0 aliphatic carbocycles. The Bertz CT molecular complexity index is 901. The van der Waals surface area contributed by atoms with E-state index in [2.05, 4.69) is 27.0 Å². The van der Waals surface area contributed by atoms with Gasteiger partial charge in [0, 0.05) is 23.8 Å². The summed E-state index contributed by atoms with van der Waals surface area (Å²) in [5, 5.41) is 0.949. The average Bonchev–Trinajstić information content (AvgIpc) is 2.95. The van der Waals surface area contributed by atoms with E-state index in [0.29, 0.717) is 5.65 Å². The summed E-state index contributed by atoms with van der Waals surface area (Å²) in [6, 6.07) is 10.2. The van der Waals surface area contributed by atoms with Crippen molar-refractivity contribution < 1.29 is 0 Å². The summed E-state index contributed by atoms with van der Waals surface area (Å²) in [5.41, 5.74) is 3.55. The van der Waals surface area contributed by atoms with E-state index in [1.165, 1.54) is 37.9 Å². The number of piperidine rings is 1. The second kappa shape index (κ2) is 6.24. The maximum atomic E-state index is 12.3. The first-order chi connectivity index (χ1) is 11.7. The van der Waals surface area contributed by atoms with E-state index in [-0.39, 0.29) is 5.69 Å². The second-order valence-corrected chi connectivity index (χ2v) is 6.65. The molecule has 5 nitrogen and oxygen atoms in total. The van der Waals surface area contributed by atoms with E-state index in [0.717, 1.165) is 23.3 Å². The van der Waals surface area contributed by atoms with Crippen molar-refractivity contribution in [1.82, 2.24) is 19.4 Å². The van der Waals surface area contributed by atoms with Gasteiger partial charge < -0.3 is 4.98 Å². The molecule has 4 rings (SSSR count). The molecule has 2 aromatic heterocycles. The fourth-order valence-corrected chi connectivity index (χ4v) is 3.45. The van der Waals surface area contributed by atoms with Gasteiger partial charge in [0.25, 0.3) is 0 Å². The van der Waals surface area contributed by atoms with Crippen molar-refractivity contribution in [2.24, 2.45) is 0 Å². The van der Waals surface area contributed by atoms with Gasteiger partial charge >= 0.3 is 5.69 Å². The lowest BCUT2D eigenvalue weighted by atomic mass is 10.1. The van der Waals surface area contributed by atoms with Crippen molar-refractivity contribution in [3.8, 4) is 5.69 Å². The van der Waals surface area contributed by atoms with Gasteiger partial charge in [0.1, 0.15) is 5.65 Å². The normalized spacial score (nSPS) is 15.9. The van der Waals surface area contributed by atoms with Crippen LogP contribution in [0.15, 0.2) is 41.3 Å². The number of rotatable bonds is 3. The third-order valence-corrected chi connectivity index (χ3v) is 4.71. The third kappa shape index (κ3) is 2.99. The van der Waals surface area contributed by atoms with Crippen molar-refractivity contribution in [1.29, 1.82) is 0 Å². The quantitative estimate of drug-likeness (QED) is 0.806. The largest absolute Gasteiger partial charge is 0.354 e. The summed E-state index contributed by atoms with van der Waals surface area (Å²) in [5.74, 6) is 0. The molecule has 1 fully saturated rings. The fourth-order valence-electron chi connectivity index (χ4n) is 3.45. The van der Waals surface area contributed by atoms with Crippen molar-refractivity contribution in [2.45, 2.75) is 32.7 Å². The summed E-state index contributed by atoms with van der Waals surface area (Å²) in [6.45, 7) is 5.33. The summed E-state index contributed by atoms with van der Waals surface area (Å²) in [4.78, 5) is 22.0. The topological polar surface area (TPSA) is 53.9 Å². The number of aromatic amines is 1. The van der Waals surface area contributed by atoms with Gasteiger partial charge in [-0.2, -0.15) is 4.98 Å². The van der Waals surface area contributed by atoms with E-state index >= 15 is 0 Å². The summed E-state index contributed by atoms with van der Waals surface area (Å²) < 4.78 is 1.61. The van der Waals surface area contributed by atoms with Crippen LogP contribution in [0.1, 0.15) is 30.5 Å². The van der Waals surface area contributed by atoms with Crippen LogP contribution in [0.4, 0.5) is 0 Å². The minimum absolute atomic E-state index is 0.256. The molecule has 3 heterocycles. The molecule has 1 saturated heterocycles. The molecule has 24 heavy (non-hydrogen) atoms. The van der Waals surface area contributed by atoms with Gasteiger partial charge in [-0.3, -0.25) is 9.47 Å². The zero-order chi connectivity index (χ0) is 16.5. The predicted octanol–water partition coefficient (Wildman–Crippen LogP) is 3.01. The molecule has 1 N–H and O–H groups in total. The Morgan fingerprint density at radius 3 is 2.62 bits per heavy atom. The number of nitrogens with zero attached hydrogens (tertiary/aromatic N) is 3. The molecule has 1 aromatic carbocycles. The molecule has 5 heteroatoms. The van der Waals surface area contributed by atoms with E-state index < -0.39 is 0 Å². The molecule has 0 unspecified atom stereocenters. The molecule has 0 radical (unpaired) electrons. The molecule has 0 amide bonds. The van der Waals surface area contributed by atoms with Crippen LogP contribution in [-0.4, -0.2) is 32.5 Å². The molecule has 0 saturated carbocycles. The first-order valence-electron chi connectivity index (χ1n) is 8.60. The van der Waals surface area contributed by atoms with E-state index in [4.69, 9.17) is 0 Å². The van der Waals surface area contributed by atoms with E-state index in [9.17, 15) is 4.79 Å². The van der Waals surface area contributed by atoms with Gasteiger partial charge in [-0.25, -0.2) is 4.79 Å². The van der Waals surface area contributed by atoms with Crippen LogP contribution in [0.3, 0.4) is 0 Å². The van der Waals surface area contributed by atoms with Crippen molar-refractivity contribution in [3.05, 3.63) is 58.3 Å². The van der Waals surface area contributed by atoms with Crippen LogP contribution in [-0.2, 0) is 6.54 Å². The number of aryl methyl sites for hydroxylation is 1. The van der Waals surface area contributed by atoms with Crippen molar-refractivity contribution >= 4 is 11.0 Å². The maximum Gasteiger partial charge on any atom is 0.354 e. The van der Waals surface area contributed by atoms with Crippen LogP contribution in [0.5, 0.6) is 0 Å². The number of H-pyrrole nitrogens is 1. The highest BCUT2D eigenvalue weighted by Gasteiger charge is 2.11. The van der Waals surface area contributed by atoms with Gasteiger partial charge in [0.2, 0.25) is 0 Å². The highest BCUT2D eigenvalue weighted by molar-refractivity contribution is 5.75. The lowest BCUT2D eigenvalue weighted by molar-refractivity contribution is 0.221. The van der Waals surface area contributed by atoms with Crippen LogP contribution in [0, 0.1) is 6.92 Å². The number of hydrogen-bond donors (Lipinski definition) is 1. The van der Waals surface area contributed by atoms with E-state index in [1.807, 2.05) is 31.3 Å². The summed E-state index contributed by atoms with van der Waals surface area (Å²) in [7, 11) is 0. The van der Waals surface area contributed by atoms with Gasteiger partial charge in [0.15, 0.2) is 0 Å². The van der Waals surface area contributed by atoms with Crippen molar-refractivity contribution in [3.63, 3.8) is 0 Å². The Labute approximate surface area is 140 Å². The maximum absolute atomic E-state index is 12.3. The number of benzene rings is 1. The molecular weight excluding hydrogens is 300 g/mol. The molecule has 0 atom stereocenters. The summed E-state index contributed by atoms with van der Waals surface area (Å²) in [6.07, 6.45) is 5.81. The Kier molecular flexibility index (Phi) is 3.94. The second-order valence-electron chi connectivity index (χ2n) is 6.65. The molecule has 1 aliphatic heterocycles. The number of likely N-dealkylation sites (tertiary alicyclic amines) is 1. The lowest BCUT2D eigenvalue weighted by Gasteiger charge is -2.26. The van der Waals surface area contributed by atoms with Crippen LogP contribution in [0.2, 0.25) is 0 Å². The Morgan fingerprint density at radius 1 is 1.12 bits per heavy atom. The minimum Gasteiger partial charge on any atom is -0.343 e. The van der Waals surface area contributed by atoms with Crippen LogP contribution >= 0.6 is 0 Å². The zero-order valence-electron chi connectivity index (χ0n) is 14.0. The van der Waals surface area contributed by atoms with Crippen molar-refractivity contribution in [2.75, 3.05) is 13.1 Å². The molecule has 1 aliphatic rings. The number of fused-ring (bicyclic) bond motifs is 1.